The third-order valence-corrected chi connectivity index (χ3v) is 5.00. The number of aromatic nitrogens is 4. The standard InChI is InChI=1S/C19H18F3N5O2/c20-11-1-6-14-15(7-11)27(26-16(14)17(21)22)19-23-8-10(9-24-19)18(29)25-12-2-4-13(28)5-3-12/h1,6-9,12-13,17,28H,2-5H2,(H,25,29). The summed E-state index contributed by atoms with van der Waals surface area (Å²) in [7, 11) is 0. The molecule has 4 rings (SSSR count). The average Bonchev–Trinajstić information content (AvgIpc) is 3.09. The Hall–Kier alpha value is -3.01. The summed E-state index contributed by atoms with van der Waals surface area (Å²) in [6.07, 6.45) is 2.01. The molecule has 0 unspecified atom stereocenters. The van der Waals surface area contributed by atoms with Gasteiger partial charge in [-0.15, -0.1) is 0 Å². The fraction of sp³-hybridized carbons (Fsp3) is 0.368. The van der Waals surface area contributed by atoms with Gasteiger partial charge in [-0.05, 0) is 37.8 Å². The number of carbonyl (C=O) groups is 1. The van der Waals surface area contributed by atoms with Crippen LogP contribution < -0.4 is 5.32 Å². The van der Waals surface area contributed by atoms with E-state index in [0.717, 1.165) is 16.8 Å². The average molecular weight is 405 g/mol. The van der Waals surface area contributed by atoms with Crippen LogP contribution in [-0.4, -0.2) is 42.9 Å². The lowest BCUT2D eigenvalue weighted by Crippen LogP contribution is -2.38. The van der Waals surface area contributed by atoms with Crippen LogP contribution in [-0.2, 0) is 0 Å². The molecule has 3 aromatic rings. The summed E-state index contributed by atoms with van der Waals surface area (Å²) in [6, 6.07) is 3.37. The molecule has 10 heteroatoms. The summed E-state index contributed by atoms with van der Waals surface area (Å²) in [4.78, 5) is 20.5. The minimum atomic E-state index is -2.84. The summed E-state index contributed by atoms with van der Waals surface area (Å²) in [5, 5.41) is 16.3. The Morgan fingerprint density at radius 1 is 1.17 bits per heavy atom. The van der Waals surface area contributed by atoms with Crippen LogP contribution in [0, 0.1) is 5.82 Å². The van der Waals surface area contributed by atoms with Crippen LogP contribution in [0.5, 0.6) is 0 Å². The maximum absolute atomic E-state index is 13.6. The van der Waals surface area contributed by atoms with Crippen molar-refractivity contribution in [2.45, 2.75) is 44.3 Å². The number of fused-ring (bicyclic) bond motifs is 1. The Labute approximate surface area is 163 Å². The first-order valence-electron chi connectivity index (χ1n) is 9.20. The zero-order valence-electron chi connectivity index (χ0n) is 15.2. The monoisotopic (exact) mass is 405 g/mol. The molecule has 0 spiro atoms. The maximum atomic E-state index is 13.6. The highest BCUT2D eigenvalue weighted by molar-refractivity contribution is 5.93. The predicted octanol–water partition coefficient (Wildman–Crippen LogP) is 2.93. The fourth-order valence-corrected chi connectivity index (χ4v) is 3.46. The Bertz CT molecular complexity index is 1030. The van der Waals surface area contributed by atoms with Crippen LogP contribution in [0.25, 0.3) is 16.9 Å². The van der Waals surface area contributed by atoms with E-state index in [1.54, 1.807) is 0 Å². The van der Waals surface area contributed by atoms with Crippen LogP contribution in [0.1, 0.15) is 48.2 Å². The summed E-state index contributed by atoms with van der Waals surface area (Å²) in [5.74, 6) is -1.01. The van der Waals surface area contributed by atoms with Gasteiger partial charge in [0.05, 0.1) is 17.2 Å². The van der Waals surface area contributed by atoms with E-state index >= 15 is 0 Å². The van der Waals surface area contributed by atoms with Crippen molar-refractivity contribution in [2.75, 3.05) is 0 Å². The molecule has 7 nitrogen and oxygen atoms in total. The summed E-state index contributed by atoms with van der Waals surface area (Å²) in [6.45, 7) is 0. The third kappa shape index (κ3) is 3.93. The van der Waals surface area contributed by atoms with Crippen molar-refractivity contribution in [3.8, 4) is 5.95 Å². The molecule has 29 heavy (non-hydrogen) atoms. The second-order valence-corrected chi connectivity index (χ2v) is 7.01. The second kappa shape index (κ2) is 7.78. The number of benzene rings is 1. The minimum absolute atomic E-state index is 0.0304. The van der Waals surface area contributed by atoms with Gasteiger partial charge in [0.1, 0.15) is 11.5 Å². The zero-order valence-corrected chi connectivity index (χ0v) is 15.2. The van der Waals surface area contributed by atoms with Gasteiger partial charge >= 0.3 is 0 Å². The van der Waals surface area contributed by atoms with Gasteiger partial charge < -0.3 is 10.4 Å². The van der Waals surface area contributed by atoms with Crippen molar-refractivity contribution in [1.82, 2.24) is 25.1 Å². The molecule has 1 saturated carbocycles. The van der Waals surface area contributed by atoms with E-state index in [-0.39, 0.29) is 40.5 Å². The van der Waals surface area contributed by atoms with Gasteiger partial charge in [0.25, 0.3) is 18.3 Å². The van der Waals surface area contributed by atoms with E-state index < -0.39 is 17.9 Å². The molecule has 0 bridgehead atoms. The highest BCUT2D eigenvalue weighted by atomic mass is 19.3. The number of aliphatic hydroxyl groups excluding tert-OH is 1. The van der Waals surface area contributed by atoms with Crippen LogP contribution in [0.15, 0.2) is 30.6 Å². The molecule has 0 radical (unpaired) electrons. The lowest BCUT2D eigenvalue weighted by Gasteiger charge is -2.26. The highest BCUT2D eigenvalue weighted by Crippen LogP contribution is 2.28. The van der Waals surface area contributed by atoms with Gasteiger partial charge in [-0.3, -0.25) is 4.79 Å². The van der Waals surface area contributed by atoms with Gasteiger partial charge in [0.15, 0.2) is 0 Å². The van der Waals surface area contributed by atoms with Gasteiger partial charge in [0.2, 0.25) is 0 Å². The molecule has 1 aromatic carbocycles. The van der Waals surface area contributed by atoms with Crippen LogP contribution in [0.2, 0.25) is 0 Å². The molecule has 1 amide bonds. The maximum Gasteiger partial charge on any atom is 0.282 e. The van der Waals surface area contributed by atoms with E-state index in [1.165, 1.54) is 18.5 Å². The minimum Gasteiger partial charge on any atom is -0.393 e. The van der Waals surface area contributed by atoms with Crippen molar-refractivity contribution in [1.29, 1.82) is 0 Å². The molecular weight excluding hydrogens is 387 g/mol. The molecule has 2 heterocycles. The topological polar surface area (TPSA) is 92.9 Å². The van der Waals surface area contributed by atoms with E-state index in [4.69, 9.17) is 0 Å². The summed E-state index contributed by atoms with van der Waals surface area (Å²) >= 11 is 0. The predicted molar refractivity (Wildman–Crippen MR) is 97.3 cm³/mol. The number of rotatable bonds is 4. The van der Waals surface area contributed by atoms with Crippen molar-refractivity contribution in [2.24, 2.45) is 0 Å². The molecular formula is C19H18F3N5O2. The van der Waals surface area contributed by atoms with Crippen LogP contribution in [0.4, 0.5) is 13.2 Å². The third-order valence-electron chi connectivity index (χ3n) is 5.00. The Kier molecular flexibility index (Phi) is 5.18. The fourth-order valence-electron chi connectivity index (χ4n) is 3.46. The number of amides is 1. The van der Waals surface area contributed by atoms with E-state index in [0.29, 0.717) is 25.7 Å². The molecule has 152 valence electrons. The number of aliphatic hydroxyl groups is 1. The molecule has 1 aliphatic rings. The van der Waals surface area contributed by atoms with Crippen molar-refractivity contribution in [3.05, 3.63) is 47.7 Å². The summed E-state index contributed by atoms with van der Waals surface area (Å²) < 4.78 is 41.2. The molecule has 0 aliphatic heterocycles. The normalized spacial score (nSPS) is 19.6. The van der Waals surface area contributed by atoms with E-state index in [9.17, 15) is 23.1 Å². The van der Waals surface area contributed by atoms with E-state index in [2.05, 4.69) is 20.4 Å². The van der Waals surface area contributed by atoms with Crippen LogP contribution >= 0.6 is 0 Å². The van der Waals surface area contributed by atoms with Crippen molar-refractivity contribution >= 4 is 16.8 Å². The Morgan fingerprint density at radius 3 is 2.52 bits per heavy atom. The molecule has 0 atom stereocenters. The number of halogens is 3. The van der Waals surface area contributed by atoms with E-state index in [1.807, 2.05) is 0 Å². The quantitative estimate of drug-likeness (QED) is 0.696. The second-order valence-electron chi connectivity index (χ2n) is 7.01. The first-order chi connectivity index (χ1) is 13.9. The van der Waals surface area contributed by atoms with Gasteiger partial charge in [-0.25, -0.2) is 23.1 Å². The lowest BCUT2D eigenvalue weighted by atomic mass is 9.93. The first-order valence-corrected chi connectivity index (χ1v) is 9.20. The lowest BCUT2D eigenvalue weighted by molar-refractivity contribution is 0.0867. The molecule has 1 aliphatic carbocycles. The zero-order chi connectivity index (χ0) is 20.5. The number of nitrogens with zero attached hydrogens (tertiary/aromatic N) is 4. The first kappa shape index (κ1) is 19.3. The molecule has 1 fully saturated rings. The van der Waals surface area contributed by atoms with Crippen molar-refractivity contribution < 1.29 is 23.1 Å². The molecule has 0 saturated heterocycles. The number of carbonyl (C=O) groups excluding carboxylic acids is 1. The Morgan fingerprint density at radius 2 is 1.86 bits per heavy atom. The molecule has 2 aromatic heterocycles. The number of hydrogen-bond donors (Lipinski definition) is 2. The number of nitrogens with one attached hydrogen (secondary N) is 1. The Balaban J connectivity index is 1.58. The molecule has 2 N–H and O–H groups in total. The van der Waals surface area contributed by atoms with Gasteiger partial charge in [0, 0.05) is 29.9 Å². The van der Waals surface area contributed by atoms with Gasteiger partial charge in [-0.1, -0.05) is 0 Å². The largest absolute Gasteiger partial charge is 0.393 e. The number of alkyl halides is 2. The smallest absolute Gasteiger partial charge is 0.282 e. The van der Waals surface area contributed by atoms with Gasteiger partial charge in [-0.2, -0.15) is 9.78 Å². The van der Waals surface area contributed by atoms with Crippen molar-refractivity contribution in [3.63, 3.8) is 0 Å². The van der Waals surface area contributed by atoms with Crippen LogP contribution in [0.3, 0.4) is 0 Å². The number of hydrogen-bond acceptors (Lipinski definition) is 5. The summed E-state index contributed by atoms with van der Waals surface area (Å²) in [5.41, 5.74) is -0.181. The SMILES string of the molecule is O=C(NC1CCC(O)CC1)c1cnc(-n2nc(C(F)F)c3ccc(F)cc32)nc1. The highest BCUT2D eigenvalue weighted by Gasteiger charge is 2.23.